The van der Waals surface area contributed by atoms with Gasteiger partial charge in [-0.2, -0.15) is 0 Å². The van der Waals surface area contributed by atoms with E-state index in [1.165, 1.54) is 0 Å². The van der Waals surface area contributed by atoms with Gasteiger partial charge in [-0.25, -0.2) is 0 Å². The average Bonchev–Trinajstić information content (AvgIpc) is 2.39. The van der Waals surface area contributed by atoms with Gasteiger partial charge in [0.15, 0.2) is 0 Å². The monoisotopic (exact) mass is 230 g/mol. The van der Waals surface area contributed by atoms with Crippen LogP contribution in [0.1, 0.15) is 24.9 Å². The van der Waals surface area contributed by atoms with Crippen molar-refractivity contribution in [1.29, 1.82) is 0 Å². The maximum absolute atomic E-state index is 6.19. The molecule has 2 atom stereocenters. The average molecular weight is 230 g/mol. The molecule has 0 aliphatic rings. The molecule has 17 heavy (non-hydrogen) atoms. The Kier molecular flexibility index (Phi) is 3.71. The first-order chi connectivity index (χ1) is 8.26. The minimum atomic E-state index is -0.123. The second-order valence-corrected chi connectivity index (χ2v) is 4.17. The van der Waals surface area contributed by atoms with Crippen molar-refractivity contribution in [1.82, 2.24) is 4.98 Å². The number of nitrogens with zero attached hydrogens (tertiary/aromatic N) is 1. The van der Waals surface area contributed by atoms with Gasteiger partial charge in [-0.1, -0.05) is 25.1 Å². The zero-order valence-corrected chi connectivity index (χ0v) is 10.3. The Morgan fingerprint density at radius 2 is 2.12 bits per heavy atom. The molecule has 0 spiro atoms. The zero-order valence-electron chi connectivity index (χ0n) is 10.3. The number of hydrogen-bond donors (Lipinski definition) is 1. The quantitative estimate of drug-likeness (QED) is 0.878. The van der Waals surface area contributed by atoms with Crippen molar-refractivity contribution in [3.8, 4) is 0 Å². The number of ether oxygens (including phenoxy) is 1. The first kappa shape index (κ1) is 12.0. The number of fused-ring (bicyclic) bond motifs is 1. The second kappa shape index (κ2) is 5.25. The number of nitrogens with two attached hydrogens (primary N) is 1. The van der Waals surface area contributed by atoms with Gasteiger partial charge < -0.3 is 10.5 Å². The predicted molar refractivity (Wildman–Crippen MR) is 69.8 cm³/mol. The summed E-state index contributed by atoms with van der Waals surface area (Å²) in [7, 11) is 1.70. The first-order valence-corrected chi connectivity index (χ1v) is 5.89. The summed E-state index contributed by atoms with van der Waals surface area (Å²) in [5.41, 5.74) is 8.21. The molecule has 1 aromatic heterocycles. The van der Waals surface area contributed by atoms with Crippen LogP contribution in [0, 0.1) is 0 Å². The van der Waals surface area contributed by atoms with Crippen LogP contribution < -0.4 is 5.73 Å². The molecule has 1 aromatic carbocycles. The van der Waals surface area contributed by atoms with Crippen molar-refractivity contribution in [3.05, 3.63) is 42.1 Å². The molecule has 2 aromatic rings. The molecule has 2 N–H and O–H groups in total. The van der Waals surface area contributed by atoms with Crippen LogP contribution in [0.3, 0.4) is 0 Å². The number of methoxy groups -OCH3 is 1. The van der Waals surface area contributed by atoms with Crippen LogP contribution >= 0.6 is 0 Å². The van der Waals surface area contributed by atoms with E-state index >= 15 is 0 Å². The van der Waals surface area contributed by atoms with Crippen LogP contribution in [0.4, 0.5) is 0 Å². The molecule has 3 nitrogen and oxygen atoms in total. The van der Waals surface area contributed by atoms with Crippen LogP contribution in [0.25, 0.3) is 10.9 Å². The van der Waals surface area contributed by atoms with Crippen molar-refractivity contribution in [2.24, 2.45) is 5.73 Å². The Morgan fingerprint density at radius 1 is 1.35 bits per heavy atom. The highest BCUT2D eigenvalue weighted by Gasteiger charge is 2.17. The van der Waals surface area contributed by atoms with Crippen LogP contribution in [0.5, 0.6) is 0 Å². The minimum absolute atomic E-state index is 0.0398. The first-order valence-electron chi connectivity index (χ1n) is 5.89. The summed E-state index contributed by atoms with van der Waals surface area (Å²) in [5.74, 6) is 0. The van der Waals surface area contributed by atoms with Gasteiger partial charge in [0, 0.05) is 18.7 Å². The van der Waals surface area contributed by atoms with Crippen LogP contribution in [-0.2, 0) is 4.74 Å². The summed E-state index contributed by atoms with van der Waals surface area (Å²) >= 11 is 0. The smallest absolute Gasteiger partial charge is 0.0761 e. The highest BCUT2D eigenvalue weighted by Crippen LogP contribution is 2.21. The Morgan fingerprint density at radius 3 is 2.82 bits per heavy atom. The Bertz CT molecular complexity index is 494. The SMILES string of the molecule is CCC(OC)C(N)c1cnc2ccccc2c1. The fourth-order valence-electron chi connectivity index (χ4n) is 2.05. The van der Waals surface area contributed by atoms with Crippen molar-refractivity contribution >= 4 is 10.9 Å². The molecule has 0 radical (unpaired) electrons. The molecule has 0 bridgehead atoms. The Labute approximate surface area is 102 Å². The molecule has 90 valence electrons. The fourth-order valence-corrected chi connectivity index (χ4v) is 2.05. The van der Waals surface area contributed by atoms with E-state index in [0.717, 1.165) is 22.9 Å². The number of pyridine rings is 1. The van der Waals surface area contributed by atoms with Crippen molar-refractivity contribution < 1.29 is 4.74 Å². The maximum Gasteiger partial charge on any atom is 0.0761 e. The topological polar surface area (TPSA) is 48.1 Å². The normalized spacial score (nSPS) is 14.8. The lowest BCUT2D eigenvalue weighted by Crippen LogP contribution is -2.27. The van der Waals surface area contributed by atoms with Gasteiger partial charge in [-0.15, -0.1) is 0 Å². The number of para-hydroxylation sites is 1. The Hall–Kier alpha value is -1.45. The van der Waals surface area contributed by atoms with Crippen LogP contribution in [0.15, 0.2) is 36.5 Å². The number of hydrogen-bond acceptors (Lipinski definition) is 3. The maximum atomic E-state index is 6.19. The molecule has 0 fully saturated rings. The van der Waals surface area contributed by atoms with Gasteiger partial charge in [0.2, 0.25) is 0 Å². The highest BCUT2D eigenvalue weighted by atomic mass is 16.5. The molecule has 2 unspecified atom stereocenters. The molecule has 2 rings (SSSR count). The van der Waals surface area contributed by atoms with E-state index in [0.29, 0.717) is 0 Å². The molecule has 0 saturated carbocycles. The molecule has 3 heteroatoms. The largest absolute Gasteiger partial charge is 0.379 e. The lowest BCUT2D eigenvalue weighted by molar-refractivity contribution is 0.0771. The summed E-state index contributed by atoms with van der Waals surface area (Å²) < 4.78 is 5.37. The van der Waals surface area contributed by atoms with Gasteiger partial charge in [-0.3, -0.25) is 4.98 Å². The van der Waals surface area contributed by atoms with Gasteiger partial charge in [0.1, 0.15) is 0 Å². The van der Waals surface area contributed by atoms with E-state index in [-0.39, 0.29) is 12.1 Å². The van der Waals surface area contributed by atoms with E-state index in [2.05, 4.69) is 18.0 Å². The summed E-state index contributed by atoms with van der Waals surface area (Å²) in [6.07, 6.45) is 2.78. The minimum Gasteiger partial charge on any atom is -0.379 e. The van der Waals surface area contributed by atoms with Crippen LogP contribution in [-0.4, -0.2) is 18.2 Å². The third kappa shape index (κ3) is 2.46. The fraction of sp³-hybridized carbons (Fsp3) is 0.357. The molecule has 0 saturated heterocycles. The zero-order chi connectivity index (χ0) is 12.3. The number of rotatable bonds is 4. The second-order valence-electron chi connectivity index (χ2n) is 4.17. The van der Waals surface area contributed by atoms with E-state index in [1.807, 2.05) is 30.5 Å². The van der Waals surface area contributed by atoms with Gasteiger partial charge in [0.05, 0.1) is 17.7 Å². The highest BCUT2D eigenvalue weighted by molar-refractivity contribution is 5.78. The van der Waals surface area contributed by atoms with Gasteiger partial charge >= 0.3 is 0 Å². The van der Waals surface area contributed by atoms with Crippen LogP contribution in [0.2, 0.25) is 0 Å². The lowest BCUT2D eigenvalue weighted by atomic mass is 10.0. The lowest BCUT2D eigenvalue weighted by Gasteiger charge is -2.21. The van der Waals surface area contributed by atoms with Gasteiger partial charge in [-0.05, 0) is 24.1 Å². The molecule has 1 heterocycles. The summed E-state index contributed by atoms with van der Waals surface area (Å²) in [6.45, 7) is 2.07. The Balaban J connectivity index is 2.35. The molecular weight excluding hydrogens is 212 g/mol. The molecule has 0 aliphatic carbocycles. The summed E-state index contributed by atoms with van der Waals surface area (Å²) in [4.78, 5) is 4.42. The third-order valence-corrected chi connectivity index (χ3v) is 3.10. The number of aromatic nitrogens is 1. The van der Waals surface area contributed by atoms with E-state index in [9.17, 15) is 0 Å². The third-order valence-electron chi connectivity index (χ3n) is 3.10. The summed E-state index contributed by atoms with van der Waals surface area (Å²) in [5, 5.41) is 1.12. The van der Waals surface area contributed by atoms with Crippen molar-refractivity contribution in [3.63, 3.8) is 0 Å². The molecule has 0 aliphatic heterocycles. The summed E-state index contributed by atoms with van der Waals surface area (Å²) in [6, 6.07) is 10.0. The van der Waals surface area contributed by atoms with Crippen molar-refractivity contribution in [2.75, 3.05) is 7.11 Å². The van der Waals surface area contributed by atoms with Gasteiger partial charge in [0.25, 0.3) is 0 Å². The molecular formula is C14H18N2O. The number of benzene rings is 1. The van der Waals surface area contributed by atoms with E-state index in [1.54, 1.807) is 7.11 Å². The predicted octanol–water partition coefficient (Wildman–Crippen LogP) is 2.66. The van der Waals surface area contributed by atoms with Crippen molar-refractivity contribution in [2.45, 2.75) is 25.5 Å². The standard InChI is InChI=1S/C14H18N2O/c1-3-13(17-2)14(15)11-8-10-6-4-5-7-12(10)16-9-11/h4-9,13-14H,3,15H2,1-2H3. The van der Waals surface area contributed by atoms with E-state index < -0.39 is 0 Å². The molecule has 0 amide bonds. The van der Waals surface area contributed by atoms with E-state index in [4.69, 9.17) is 10.5 Å².